The number of hydrogen-bond donors (Lipinski definition) is 0. The largest absolute Gasteiger partial charge is 0.225 e. The molecule has 1 fully saturated rings. The summed E-state index contributed by atoms with van der Waals surface area (Å²) in [4.78, 5) is 1.39. The maximum absolute atomic E-state index is 4.33. The minimum atomic E-state index is 0.900. The SMILES string of the molecule is Cc1cc(C)c(/C=C2\C[N]CS2)c(C)c1. The zero-order valence-electron chi connectivity index (χ0n) is 9.50. The van der Waals surface area contributed by atoms with E-state index in [1.54, 1.807) is 0 Å². The first-order valence-corrected chi connectivity index (χ1v) is 6.20. The van der Waals surface area contributed by atoms with Crippen molar-refractivity contribution in [3.8, 4) is 0 Å². The molecule has 1 radical (unpaired) electrons. The molecule has 2 rings (SSSR count). The summed E-state index contributed by atoms with van der Waals surface area (Å²) in [5.41, 5.74) is 5.45. The monoisotopic (exact) mass is 218 g/mol. The van der Waals surface area contributed by atoms with Gasteiger partial charge < -0.3 is 0 Å². The van der Waals surface area contributed by atoms with E-state index in [1.807, 2.05) is 11.8 Å². The van der Waals surface area contributed by atoms with E-state index in [1.165, 1.54) is 27.2 Å². The lowest BCUT2D eigenvalue weighted by Gasteiger charge is -2.08. The Morgan fingerprint density at radius 2 is 1.87 bits per heavy atom. The van der Waals surface area contributed by atoms with E-state index in [4.69, 9.17) is 0 Å². The third kappa shape index (κ3) is 2.44. The highest BCUT2D eigenvalue weighted by atomic mass is 32.2. The minimum absolute atomic E-state index is 0.900. The summed E-state index contributed by atoms with van der Waals surface area (Å²) in [6, 6.07) is 4.49. The second kappa shape index (κ2) is 4.42. The molecule has 1 saturated heterocycles. The van der Waals surface area contributed by atoms with Crippen molar-refractivity contribution in [1.29, 1.82) is 0 Å². The Labute approximate surface area is 96.0 Å². The van der Waals surface area contributed by atoms with Gasteiger partial charge in [-0.2, -0.15) is 0 Å². The molecule has 1 aromatic carbocycles. The number of thioether (sulfide) groups is 1. The van der Waals surface area contributed by atoms with Gasteiger partial charge in [0.05, 0.1) is 5.88 Å². The molecule has 0 spiro atoms. The van der Waals surface area contributed by atoms with Crippen LogP contribution in [-0.2, 0) is 0 Å². The first-order chi connectivity index (χ1) is 7.16. The highest BCUT2D eigenvalue weighted by molar-refractivity contribution is 8.03. The maximum atomic E-state index is 4.33. The van der Waals surface area contributed by atoms with Crippen LogP contribution in [0.3, 0.4) is 0 Å². The van der Waals surface area contributed by atoms with E-state index in [-0.39, 0.29) is 0 Å². The van der Waals surface area contributed by atoms with E-state index < -0.39 is 0 Å². The molecule has 0 amide bonds. The van der Waals surface area contributed by atoms with Gasteiger partial charge in [0.25, 0.3) is 0 Å². The predicted molar refractivity (Wildman–Crippen MR) is 68.1 cm³/mol. The van der Waals surface area contributed by atoms with E-state index in [9.17, 15) is 0 Å². The Morgan fingerprint density at radius 1 is 1.20 bits per heavy atom. The first-order valence-electron chi connectivity index (χ1n) is 5.21. The zero-order chi connectivity index (χ0) is 10.8. The van der Waals surface area contributed by atoms with Crippen molar-refractivity contribution in [1.82, 2.24) is 5.32 Å². The van der Waals surface area contributed by atoms with Gasteiger partial charge in [-0.15, -0.1) is 11.8 Å². The smallest absolute Gasteiger partial charge is 0.0638 e. The fourth-order valence-corrected chi connectivity index (χ4v) is 2.73. The molecule has 1 aliphatic heterocycles. The predicted octanol–water partition coefficient (Wildman–Crippen LogP) is 3.26. The van der Waals surface area contributed by atoms with E-state index >= 15 is 0 Å². The Bertz CT molecular complexity index is 376. The molecule has 0 saturated carbocycles. The van der Waals surface area contributed by atoms with E-state index in [0.717, 1.165) is 12.4 Å². The van der Waals surface area contributed by atoms with E-state index in [2.05, 4.69) is 44.3 Å². The van der Waals surface area contributed by atoms with Crippen LogP contribution >= 0.6 is 11.8 Å². The lowest BCUT2D eigenvalue weighted by atomic mass is 9.99. The molecule has 2 heteroatoms. The van der Waals surface area contributed by atoms with Crippen LogP contribution in [-0.4, -0.2) is 12.4 Å². The van der Waals surface area contributed by atoms with Gasteiger partial charge in [-0.25, -0.2) is 5.32 Å². The van der Waals surface area contributed by atoms with Crippen LogP contribution in [0.15, 0.2) is 17.0 Å². The molecule has 0 atom stereocenters. The van der Waals surface area contributed by atoms with Crippen LogP contribution in [0.5, 0.6) is 0 Å². The summed E-state index contributed by atoms with van der Waals surface area (Å²) < 4.78 is 0. The highest BCUT2D eigenvalue weighted by Crippen LogP contribution is 2.26. The summed E-state index contributed by atoms with van der Waals surface area (Å²) in [5.74, 6) is 0.926. The van der Waals surface area contributed by atoms with E-state index in [0.29, 0.717) is 0 Å². The van der Waals surface area contributed by atoms with Crippen molar-refractivity contribution in [2.45, 2.75) is 20.8 Å². The second-order valence-corrected chi connectivity index (χ2v) is 5.15. The Balaban J connectivity index is 2.39. The van der Waals surface area contributed by atoms with Crippen LogP contribution < -0.4 is 5.32 Å². The van der Waals surface area contributed by atoms with Gasteiger partial charge in [0.2, 0.25) is 0 Å². The first kappa shape index (κ1) is 10.8. The number of aryl methyl sites for hydroxylation is 3. The van der Waals surface area contributed by atoms with Crippen molar-refractivity contribution >= 4 is 17.8 Å². The standard InChI is InChI=1S/C13H16NS/c1-9-4-10(2)13(11(3)5-9)6-12-7-14-8-15-12/h4-6H,7-8H2,1-3H3/b12-6+. The third-order valence-electron chi connectivity index (χ3n) is 2.65. The topological polar surface area (TPSA) is 14.1 Å². The molecular weight excluding hydrogens is 202 g/mol. The van der Waals surface area contributed by atoms with Crippen LogP contribution in [0.4, 0.5) is 0 Å². The van der Waals surface area contributed by atoms with Gasteiger partial charge in [-0.05, 0) is 43.5 Å². The van der Waals surface area contributed by atoms with Gasteiger partial charge in [0.15, 0.2) is 0 Å². The van der Waals surface area contributed by atoms with Gasteiger partial charge in [0, 0.05) is 11.4 Å². The van der Waals surface area contributed by atoms with Crippen molar-refractivity contribution < 1.29 is 0 Å². The summed E-state index contributed by atoms with van der Waals surface area (Å²) in [6.45, 7) is 7.42. The van der Waals surface area contributed by atoms with Gasteiger partial charge in [0.1, 0.15) is 0 Å². The molecule has 1 heterocycles. The molecule has 0 N–H and O–H groups in total. The average molecular weight is 218 g/mol. The normalized spacial score (nSPS) is 18.7. The molecule has 1 aliphatic rings. The van der Waals surface area contributed by atoms with Crippen molar-refractivity contribution in [2.24, 2.45) is 0 Å². The van der Waals surface area contributed by atoms with Crippen LogP contribution in [0.25, 0.3) is 6.08 Å². The Kier molecular flexibility index (Phi) is 3.17. The molecule has 1 aromatic rings. The van der Waals surface area contributed by atoms with Gasteiger partial charge in [-0.3, -0.25) is 0 Å². The minimum Gasteiger partial charge on any atom is -0.225 e. The van der Waals surface area contributed by atoms with Gasteiger partial charge in [-0.1, -0.05) is 17.7 Å². The molecule has 1 nitrogen and oxygen atoms in total. The number of rotatable bonds is 1. The quantitative estimate of drug-likeness (QED) is 0.705. The fraction of sp³-hybridized carbons (Fsp3) is 0.385. The molecule has 15 heavy (non-hydrogen) atoms. The number of nitrogens with zero attached hydrogens (tertiary/aromatic N) is 1. The summed E-state index contributed by atoms with van der Waals surface area (Å²) in [7, 11) is 0. The molecule has 0 aliphatic carbocycles. The highest BCUT2D eigenvalue weighted by Gasteiger charge is 2.09. The summed E-state index contributed by atoms with van der Waals surface area (Å²) >= 11 is 1.85. The third-order valence-corrected chi connectivity index (χ3v) is 3.58. The second-order valence-electron chi connectivity index (χ2n) is 4.08. The fourth-order valence-electron chi connectivity index (χ4n) is 2.00. The molecule has 79 valence electrons. The lowest BCUT2D eigenvalue weighted by Crippen LogP contribution is -1.95. The molecule has 0 aromatic heterocycles. The molecule has 0 unspecified atom stereocenters. The molecular formula is C13H16NS. The average Bonchev–Trinajstić information content (AvgIpc) is 2.63. The number of benzene rings is 1. The lowest BCUT2D eigenvalue weighted by molar-refractivity contribution is 0.895. The Morgan fingerprint density at radius 3 is 2.40 bits per heavy atom. The maximum Gasteiger partial charge on any atom is 0.0638 e. The summed E-state index contributed by atoms with van der Waals surface area (Å²) in [6.07, 6.45) is 2.30. The van der Waals surface area contributed by atoms with Gasteiger partial charge >= 0.3 is 0 Å². The summed E-state index contributed by atoms with van der Waals surface area (Å²) in [5, 5.41) is 4.33. The number of hydrogen-bond acceptors (Lipinski definition) is 1. The van der Waals surface area contributed by atoms with Crippen molar-refractivity contribution in [3.63, 3.8) is 0 Å². The van der Waals surface area contributed by atoms with Crippen LogP contribution in [0.2, 0.25) is 0 Å². The van der Waals surface area contributed by atoms with Crippen LogP contribution in [0, 0.1) is 20.8 Å². The Hall–Kier alpha value is -0.730. The van der Waals surface area contributed by atoms with Crippen LogP contribution in [0.1, 0.15) is 22.3 Å². The molecule has 0 bridgehead atoms. The van der Waals surface area contributed by atoms with Crippen molar-refractivity contribution in [2.75, 3.05) is 12.4 Å². The zero-order valence-corrected chi connectivity index (χ0v) is 10.3. The van der Waals surface area contributed by atoms with Crippen molar-refractivity contribution in [3.05, 3.63) is 39.3 Å².